The summed E-state index contributed by atoms with van der Waals surface area (Å²) in [5.41, 5.74) is -1.08. The fourth-order valence-corrected chi connectivity index (χ4v) is 2.48. The largest absolute Gasteiger partial charge is 0.464 e. The Labute approximate surface area is 101 Å². The van der Waals surface area contributed by atoms with E-state index in [4.69, 9.17) is 4.42 Å². The van der Waals surface area contributed by atoms with E-state index in [0.717, 1.165) is 12.5 Å². The summed E-state index contributed by atoms with van der Waals surface area (Å²) in [6.45, 7) is 0. The normalized spacial score (nSPS) is 17.2. The minimum absolute atomic E-state index is 0.147. The topological polar surface area (TPSA) is 42.6 Å². The van der Waals surface area contributed by atoms with Crippen molar-refractivity contribution in [3.8, 4) is 0 Å². The van der Waals surface area contributed by atoms with E-state index in [9.17, 15) is 13.6 Å². The third kappa shape index (κ3) is 1.34. The number of furan rings is 1. The molecule has 3 rings (SSSR count). The first-order valence-corrected chi connectivity index (χ1v) is 5.63. The number of aliphatic imine (C=N–C) groups is 1. The molecular formula is C13H9F2NO2. The Bertz CT molecular complexity index is 667. The molecule has 1 aliphatic rings. The Hall–Kier alpha value is -2.00. The van der Waals surface area contributed by atoms with Crippen LogP contribution >= 0.6 is 0 Å². The van der Waals surface area contributed by atoms with Gasteiger partial charge in [-0.05, 0) is 25.3 Å². The first kappa shape index (κ1) is 11.1. The minimum atomic E-state index is -1.08. The molecule has 1 aliphatic carbocycles. The van der Waals surface area contributed by atoms with Gasteiger partial charge in [0.05, 0.1) is 17.2 Å². The van der Waals surface area contributed by atoms with Gasteiger partial charge in [-0.2, -0.15) is 4.99 Å². The zero-order valence-corrected chi connectivity index (χ0v) is 9.37. The van der Waals surface area contributed by atoms with Gasteiger partial charge in [0.15, 0.2) is 0 Å². The van der Waals surface area contributed by atoms with Gasteiger partial charge >= 0.3 is 0 Å². The number of nitrogens with zero attached hydrogens (tertiary/aromatic N) is 1. The monoisotopic (exact) mass is 249 g/mol. The van der Waals surface area contributed by atoms with Crippen molar-refractivity contribution in [2.24, 2.45) is 4.99 Å². The number of benzene rings is 1. The second kappa shape index (κ2) is 3.75. The fourth-order valence-electron chi connectivity index (χ4n) is 2.48. The van der Waals surface area contributed by atoms with Gasteiger partial charge < -0.3 is 4.42 Å². The van der Waals surface area contributed by atoms with Crippen LogP contribution in [0.3, 0.4) is 0 Å². The van der Waals surface area contributed by atoms with Crippen molar-refractivity contribution in [2.75, 3.05) is 0 Å². The number of fused-ring (bicyclic) bond motifs is 1. The second-order valence-electron chi connectivity index (χ2n) is 4.47. The van der Waals surface area contributed by atoms with Crippen molar-refractivity contribution in [3.05, 3.63) is 35.6 Å². The lowest BCUT2D eigenvalue weighted by Gasteiger charge is -2.37. The van der Waals surface area contributed by atoms with Crippen LogP contribution in [0.15, 0.2) is 27.8 Å². The summed E-state index contributed by atoms with van der Waals surface area (Å²) in [6.07, 6.45) is 4.42. The predicted molar refractivity (Wildman–Crippen MR) is 59.8 cm³/mol. The van der Waals surface area contributed by atoms with Gasteiger partial charge in [0.1, 0.15) is 22.8 Å². The van der Waals surface area contributed by atoms with E-state index in [1.54, 1.807) is 0 Å². The smallest absolute Gasteiger partial charge is 0.235 e. The van der Waals surface area contributed by atoms with Crippen LogP contribution in [0.5, 0.6) is 0 Å². The van der Waals surface area contributed by atoms with Crippen molar-refractivity contribution in [2.45, 2.75) is 24.8 Å². The van der Waals surface area contributed by atoms with Gasteiger partial charge in [-0.3, -0.25) is 0 Å². The number of halogens is 2. The molecule has 0 amide bonds. The quantitative estimate of drug-likeness (QED) is 0.604. The van der Waals surface area contributed by atoms with Crippen LogP contribution in [0.2, 0.25) is 0 Å². The van der Waals surface area contributed by atoms with Crippen molar-refractivity contribution >= 4 is 17.0 Å². The molecule has 1 saturated carbocycles. The van der Waals surface area contributed by atoms with Gasteiger partial charge in [0.25, 0.3) is 0 Å². The summed E-state index contributed by atoms with van der Waals surface area (Å²) in [7, 11) is 0. The minimum Gasteiger partial charge on any atom is -0.464 e. The van der Waals surface area contributed by atoms with E-state index < -0.39 is 17.2 Å². The van der Waals surface area contributed by atoms with Crippen molar-refractivity contribution in [1.29, 1.82) is 0 Å². The third-order valence-corrected chi connectivity index (χ3v) is 3.55. The molecule has 18 heavy (non-hydrogen) atoms. The van der Waals surface area contributed by atoms with Gasteiger partial charge in [-0.15, -0.1) is 0 Å². The van der Waals surface area contributed by atoms with E-state index >= 15 is 0 Å². The number of carbonyl (C=O) groups excluding carboxylic acids is 1. The summed E-state index contributed by atoms with van der Waals surface area (Å²) in [5.74, 6) is -1.42. The first-order chi connectivity index (χ1) is 8.68. The first-order valence-electron chi connectivity index (χ1n) is 5.63. The van der Waals surface area contributed by atoms with Gasteiger partial charge in [0, 0.05) is 6.07 Å². The van der Waals surface area contributed by atoms with Crippen LogP contribution in [0, 0.1) is 11.6 Å². The van der Waals surface area contributed by atoms with E-state index in [-0.39, 0.29) is 16.5 Å². The fraction of sp³-hybridized carbons (Fsp3) is 0.308. The highest BCUT2D eigenvalue weighted by Gasteiger charge is 2.43. The molecule has 2 aromatic rings. The van der Waals surface area contributed by atoms with Gasteiger partial charge in [0.2, 0.25) is 6.08 Å². The molecule has 0 unspecified atom stereocenters. The van der Waals surface area contributed by atoms with Crippen LogP contribution < -0.4 is 0 Å². The molecule has 0 N–H and O–H groups in total. The van der Waals surface area contributed by atoms with E-state index in [2.05, 4.69) is 4.99 Å². The van der Waals surface area contributed by atoms with E-state index in [1.165, 1.54) is 18.4 Å². The lowest BCUT2D eigenvalue weighted by molar-refractivity contribution is 0.239. The molecular weight excluding hydrogens is 240 g/mol. The lowest BCUT2D eigenvalue weighted by atomic mass is 9.71. The maximum atomic E-state index is 14.3. The Morgan fingerprint density at radius 1 is 1.39 bits per heavy atom. The Morgan fingerprint density at radius 3 is 2.78 bits per heavy atom. The molecule has 1 heterocycles. The zero-order chi connectivity index (χ0) is 12.8. The Kier molecular flexibility index (Phi) is 2.31. The number of isocyanates is 1. The lowest BCUT2D eigenvalue weighted by Crippen LogP contribution is -2.34. The molecule has 1 fully saturated rings. The van der Waals surface area contributed by atoms with Crippen LogP contribution in [0.25, 0.3) is 11.0 Å². The molecule has 0 bridgehead atoms. The summed E-state index contributed by atoms with van der Waals surface area (Å²) in [4.78, 5) is 14.1. The summed E-state index contributed by atoms with van der Waals surface area (Å²) >= 11 is 0. The molecule has 0 saturated heterocycles. The summed E-state index contributed by atoms with van der Waals surface area (Å²) in [5, 5.41) is 0.207. The third-order valence-electron chi connectivity index (χ3n) is 3.55. The van der Waals surface area contributed by atoms with Crippen LogP contribution in [0.1, 0.15) is 24.8 Å². The highest BCUT2D eigenvalue weighted by Crippen LogP contribution is 2.47. The SMILES string of the molecule is O=C=NC1(c2c(F)cc3occc3c2F)CCC1. The molecule has 0 atom stereocenters. The number of hydrogen-bond acceptors (Lipinski definition) is 3. The van der Waals surface area contributed by atoms with Crippen molar-refractivity contribution < 1.29 is 18.0 Å². The number of rotatable bonds is 2. The molecule has 92 valence electrons. The molecule has 1 aromatic heterocycles. The highest BCUT2D eigenvalue weighted by atomic mass is 19.1. The molecule has 0 spiro atoms. The second-order valence-corrected chi connectivity index (χ2v) is 4.47. The van der Waals surface area contributed by atoms with Gasteiger partial charge in [-0.1, -0.05) is 0 Å². The van der Waals surface area contributed by atoms with E-state index in [1.807, 2.05) is 0 Å². The molecule has 0 aliphatic heterocycles. The van der Waals surface area contributed by atoms with E-state index in [0.29, 0.717) is 12.8 Å². The van der Waals surface area contributed by atoms with Crippen LogP contribution in [0.4, 0.5) is 8.78 Å². The van der Waals surface area contributed by atoms with Crippen LogP contribution in [-0.2, 0) is 10.3 Å². The molecule has 1 aromatic carbocycles. The molecule has 0 radical (unpaired) electrons. The standard InChI is InChI=1S/C13H9F2NO2/c14-9-6-10-8(2-5-18-10)12(15)11(9)13(16-7-17)3-1-4-13/h2,5-6H,1,3-4H2. The maximum Gasteiger partial charge on any atom is 0.235 e. The number of hydrogen-bond donors (Lipinski definition) is 0. The van der Waals surface area contributed by atoms with Crippen LogP contribution in [-0.4, -0.2) is 6.08 Å². The van der Waals surface area contributed by atoms with Crippen molar-refractivity contribution in [3.63, 3.8) is 0 Å². The average Bonchev–Trinajstić information content (AvgIpc) is 2.73. The van der Waals surface area contributed by atoms with Gasteiger partial charge in [-0.25, -0.2) is 13.6 Å². The zero-order valence-electron chi connectivity index (χ0n) is 9.37. The molecule has 3 nitrogen and oxygen atoms in total. The maximum absolute atomic E-state index is 14.3. The Morgan fingerprint density at radius 2 is 2.17 bits per heavy atom. The average molecular weight is 249 g/mol. The Balaban J connectivity index is 2.31. The van der Waals surface area contributed by atoms with Crippen molar-refractivity contribution in [1.82, 2.24) is 0 Å². The summed E-state index contributed by atoms with van der Waals surface area (Å²) < 4.78 is 33.3. The predicted octanol–water partition coefficient (Wildman–Crippen LogP) is 3.43. The highest BCUT2D eigenvalue weighted by molar-refractivity contribution is 5.79. The summed E-state index contributed by atoms with van der Waals surface area (Å²) in [6, 6.07) is 2.57. The molecule has 5 heteroatoms.